The van der Waals surface area contributed by atoms with Crippen LogP contribution in [0.2, 0.25) is 5.02 Å². The molecule has 6 heteroatoms. The van der Waals surface area contributed by atoms with E-state index in [1.807, 2.05) is 13.0 Å². The van der Waals surface area contributed by atoms with Crippen LogP contribution in [0.25, 0.3) is 0 Å². The van der Waals surface area contributed by atoms with E-state index in [0.717, 1.165) is 37.2 Å². The van der Waals surface area contributed by atoms with E-state index in [4.69, 9.17) is 11.6 Å². The standard InChI is InChI=1S/C15H20ClN3O2/c1-11-4-5-12(16)8-13(11)17-9-14(20)18-10-15(21)19-6-2-3-7-19/h4-5,8,17H,2-3,6-7,9-10H2,1H3,(H,18,20). The van der Waals surface area contributed by atoms with E-state index in [1.165, 1.54) is 0 Å². The molecule has 0 radical (unpaired) electrons. The monoisotopic (exact) mass is 309 g/mol. The van der Waals surface area contributed by atoms with Gasteiger partial charge in [0, 0.05) is 23.8 Å². The van der Waals surface area contributed by atoms with Crippen molar-refractivity contribution in [2.45, 2.75) is 19.8 Å². The molecule has 1 aliphatic rings. The van der Waals surface area contributed by atoms with E-state index < -0.39 is 0 Å². The van der Waals surface area contributed by atoms with Gasteiger partial charge in [0.25, 0.3) is 0 Å². The average Bonchev–Trinajstić information content (AvgIpc) is 3.00. The topological polar surface area (TPSA) is 61.4 Å². The fourth-order valence-electron chi connectivity index (χ4n) is 2.28. The van der Waals surface area contributed by atoms with E-state index in [0.29, 0.717) is 5.02 Å². The Hall–Kier alpha value is -1.75. The van der Waals surface area contributed by atoms with E-state index in [1.54, 1.807) is 17.0 Å². The molecule has 114 valence electrons. The number of hydrogen-bond acceptors (Lipinski definition) is 3. The van der Waals surface area contributed by atoms with Gasteiger partial charge in [0.2, 0.25) is 11.8 Å². The molecule has 1 aromatic carbocycles. The molecule has 1 aliphatic heterocycles. The van der Waals surface area contributed by atoms with E-state index >= 15 is 0 Å². The van der Waals surface area contributed by atoms with E-state index in [2.05, 4.69) is 10.6 Å². The van der Waals surface area contributed by atoms with Crippen LogP contribution in [0, 0.1) is 6.92 Å². The summed E-state index contributed by atoms with van der Waals surface area (Å²) >= 11 is 5.92. The lowest BCUT2D eigenvalue weighted by Crippen LogP contribution is -2.40. The third-order valence-corrected chi connectivity index (χ3v) is 3.77. The van der Waals surface area contributed by atoms with Crippen LogP contribution in [0.4, 0.5) is 5.69 Å². The molecule has 0 saturated carbocycles. The summed E-state index contributed by atoms with van der Waals surface area (Å²) in [5, 5.41) is 6.28. The van der Waals surface area contributed by atoms with Crippen molar-refractivity contribution in [3.8, 4) is 0 Å². The van der Waals surface area contributed by atoms with Crippen LogP contribution in [0.5, 0.6) is 0 Å². The number of hydrogen-bond donors (Lipinski definition) is 2. The quantitative estimate of drug-likeness (QED) is 0.872. The maximum Gasteiger partial charge on any atom is 0.241 e. The summed E-state index contributed by atoms with van der Waals surface area (Å²) in [4.78, 5) is 25.3. The fourth-order valence-corrected chi connectivity index (χ4v) is 2.45. The van der Waals surface area contributed by atoms with E-state index in [-0.39, 0.29) is 24.9 Å². The Morgan fingerprint density at radius 2 is 1.95 bits per heavy atom. The predicted molar refractivity (Wildman–Crippen MR) is 83.5 cm³/mol. The van der Waals surface area contributed by atoms with Crippen LogP contribution in [0.3, 0.4) is 0 Å². The first kappa shape index (κ1) is 15.6. The molecule has 0 aromatic heterocycles. The molecular formula is C15H20ClN3O2. The van der Waals surface area contributed by atoms with Crippen molar-refractivity contribution in [1.82, 2.24) is 10.2 Å². The minimum Gasteiger partial charge on any atom is -0.376 e. The SMILES string of the molecule is Cc1ccc(Cl)cc1NCC(=O)NCC(=O)N1CCCC1. The third-order valence-electron chi connectivity index (χ3n) is 3.53. The maximum atomic E-state index is 11.8. The normalized spacial score (nSPS) is 14.1. The van der Waals surface area contributed by atoms with Gasteiger partial charge in [-0.3, -0.25) is 9.59 Å². The first-order chi connectivity index (χ1) is 10.1. The number of benzene rings is 1. The van der Waals surface area contributed by atoms with Crippen molar-refractivity contribution in [1.29, 1.82) is 0 Å². The highest BCUT2D eigenvalue weighted by atomic mass is 35.5. The molecule has 1 saturated heterocycles. The van der Waals surface area contributed by atoms with Gasteiger partial charge in [-0.25, -0.2) is 0 Å². The first-order valence-electron chi connectivity index (χ1n) is 7.11. The lowest BCUT2D eigenvalue weighted by atomic mass is 10.2. The van der Waals surface area contributed by atoms with E-state index in [9.17, 15) is 9.59 Å². The zero-order valence-electron chi connectivity index (χ0n) is 12.1. The van der Waals surface area contributed by atoms with Crippen molar-refractivity contribution in [2.75, 3.05) is 31.5 Å². The summed E-state index contributed by atoms with van der Waals surface area (Å²) in [6.07, 6.45) is 2.10. The van der Waals surface area contributed by atoms with Gasteiger partial charge in [0.05, 0.1) is 13.1 Å². The molecule has 0 bridgehead atoms. The highest BCUT2D eigenvalue weighted by molar-refractivity contribution is 6.30. The summed E-state index contributed by atoms with van der Waals surface area (Å²) in [5.41, 5.74) is 1.84. The first-order valence-corrected chi connectivity index (χ1v) is 7.48. The van der Waals surface area contributed by atoms with Gasteiger partial charge in [-0.05, 0) is 37.5 Å². The number of amides is 2. The van der Waals surface area contributed by atoms with Crippen LogP contribution < -0.4 is 10.6 Å². The fraction of sp³-hybridized carbons (Fsp3) is 0.467. The Labute approximate surface area is 129 Å². The number of carbonyl (C=O) groups excluding carboxylic acids is 2. The van der Waals surface area contributed by atoms with Crippen LogP contribution in [-0.2, 0) is 9.59 Å². The Balaban J connectivity index is 1.74. The van der Waals surface area contributed by atoms with Crippen LogP contribution in [0.1, 0.15) is 18.4 Å². The highest BCUT2D eigenvalue weighted by Crippen LogP contribution is 2.19. The minimum absolute atomic E-state index is 0.0141. The number of rotatable bonds is 5. The number of anilines is 1. The maximum absolute atomic E-state index is 11.8. The van der Waals surface area contributed by atoms with Gasteiger partial charge in [0.1, 0.15) is 0 Å². The lowest BCUT2D eigenvalue weighted by Gasteiger charge is -2.15. The number of nitrogens with one attached hydrogen (secondary N) is 2. The summed E-state index contributed by atoms with van der Waals surface area (Å²) in [6, 6.07) is 5.47. The predicted octanol–water partition coefficient (Wildman–Crippen LogP) is 1.80. The molecule has 2 amide bonds. The van der Waals surface area contributed by atoms with Crippen LogP contribution >= 0.6 is 11.6 Å². The summed E-state index contributed by atoms with van der Waals surface area (Å²) in [7, 11) is 0. The van der Waals surface area contributed by atoms with Gasteiger partial charge in [-0.15, -0.1) is 0 Å². The van der Waals surface area contributed by atoms with Crippen molar-refractivity contribution < 1.29 is 9.59 Å². The van der Waals surface area contributed by atoms with Crippen LogP contribution in [0.15, 0.2) is 18.2 Å². The van der Waals surface area contributed by atoms with Crippen molar-refractivity contribution in [2.24, 2.45) is 0 Å². The molecule has 21 heavy (non-hydrogen) atoms. The number of nitrogens with zero attached hydrogens (tertiary/aromatic N) is 1. The third kappa shape index (κ3) is 4.63. The number of carbonyl (C=O) groups is 2. The molecular weight excluding hydrogens is 290 g/mol. The molecule has 1 fully saturated rings. The minimum atomic E-state index is -0.207. The summed E-state index contributed by atoms with van der Waals surface area (Å²) in [5.74, 6) is -0.221. The number of aryl methyl sites for hydroxylation is 1. The second-order valence-corrected chi connectivity index (χ2v) is 5.61. The highest BCUT2D eigenvalue weighted by Gasteiger charge is 2.17. The Morgan fingerprint density at radius 1 is 1.24 bits per heavy atom. The largest absolute Gasteiger partial charge is 0.376 e. The molecule has 2 N–H and O–H groups in total. The van der Waals surface area contributed by atoms with Gasteiger partial charge in [-0.1, -0.05) is 17.7 Å². The Kier molecular flexibility index (Phi) is 5.44. The molecule has 1 aromatic rings. The molecule has 0 unspecified atom stereocenters. The smallest absolute Gasteiger partial charge is 0.241 e. The Bertz CT molecular complexity index is 528. The molecule has 2 rings (SSSR count). The summed E-state index contributed by atoms with van der Waals surface area (Å²) < 4.78 is 0. The van der Waals surface area contributed by atoms with Crippen molar-refractivity contribution in [3.05, 3.63) is 28.8 Å². The molecule has 0 atom stereocenters. The lowest BCUT2D eigenvalue weighted by molar-refractivity contribution is -0.131. The second kappa shape index (κ2) is 7.31. The Morgan fingerprint density at radius 3 is 2.67 bits per heavy atom. The van der Waals surface area contributed by atoms with Gasteiger partial charge < -0.3 is 15.5 Å². The van der Waals surface area contributed by atoms with Gasteiger partial charge in [-0.2, -0.15) is 0 Å². The second-order valence-electron chi connectivity index (χ2n) is 5.18. The zero-order chi connectivity index (χ0) is 15.2. The molecule has 5 nitrogen and oxygen atoms in total. The van der Waals surface area contributed by atoms with Crippen LogP contribution in [-0.4, -0.2) is 42.9 Å². The zero-order valence-corrected chi connectivity index (χ0v) is 12.9. The molecule has 0 spiro atoms. The number of likely N-dealkylation sites (tertiary alicyclic amines) is 1. The van der Waals surface area contributed by atoms with Gasteiger partial charge >= 0.3 is 0 Å². The molecule has 1 heterocycles. The van der Waals surface area contributed by atoms with Gasteiger partial charge in [0.15, 0.2) is 0 Å². The van der Waals surface area contributed by atoms with Crippen molar-refractivity contribution in [3.63, 3.8) is 0 Å². The number of halogens is 1. The average molecular weight is 310 g/mol. The van der Waals surface area contributed by atoms with Crippen molar-refractivity contribution >= 4 is 29.1 Å². The summed E-state index contributed by atoms with van der Waals surface area (Å²) in [6.45, 7) is 3.72. The molecule has 0 aliphatic carbocycles.